The molecule has 4 atom stereocenters. The quantitative estimate of drug-likeness (QED) is 0.114. The van der Waals surface area contributed by atoms with Gasteiger partial charge in [-0.15, -0.1) is 0 Å². The number of likely N-dealkylation sites (tertiary alicyclic amines) is 2. The summed E-state index contributed by atoms with van der Waals surface area (Å²) in [7, 11) is 2.47. The Balaban J connectivity index is 1.01. The first kappa shape index (κ1) is 40.9. The van der Waals surface area contributed by atoms with Gasteiger partial charge in [0, 0.05) is 41.8 Å². The zero-order valence-corrected chi connectivity index (χ0v) is 34.1. The summed E-state index contributed by atoms with van der Waals surface area (Å²) >= 11 is 0. The van der Waals surface area contributed by atoms with E-state index in [0.29, 0.717) is 67.2 Å². The van der Waals surface area contributed by atoms with Gasteiger partial charge in [-0.3, -0.25) is 19.2 Å². The molecule has 4 N–H and O–H groups in total. The highest BCUT2D eigenvalue weighted by atomic mass is 16.5. The number of fused-ring (bicyclic) bond motifs is 3. The summed E-state index contributed by atoms with van der Waals surface area (Å²) in [5.41, 5.74) is 4.17. The number of carbonyl (C=O) groups excluding carboxylic acids is 6. The molecule has 0 radical (unpaired) electrons. The fourth-order valence-electron chi connectivity index (χ4n) is 8.61. The summed E-state index contributed by atoms with van der Waals surface area (Å²) in [6.07, 6.45) is 2.93. The van der Waals surface area contributed by atoms with Crippen LogP contribution in [0.25, 0.3) is 21.8 Å². The van der Waals surface area contributed by atoms with Crippen molar-refractivity contribution >= 4 is 69.0 Å². The van der Waals surface area contributed by atoms with Gasteiger partial charge >= 0.3 is 12.2 Å². The van der Waals surface area contributed by atoms with Gasteiger partial charge in [0.1, 0.15) is 24.2 Å². The van der Waals surface area contributed by atoms with Crippen molar-refractivity contribution in [2.75, 3.05) is 37.9 Å². The minimum atomic E-state index is -1.02. The Morgan fingerprint density at radius 1 is 0.590 bits per heavy atom. The standard InChI is InChI=1S/C46H49N7O8/c1-60-45(58)49-39(29-11-5-3-6-12-29)43(56)51-23-9-15-35(51)41(54)47-31-19-21-33-34-22-20-32(26-38(34)53(37(33)25-31)27-28-17-18-28)48-42(55)36-16-10-24-52(36)44(57)40(50-46(59)61-2)30-13-7-4-8-14-30/h3-8,11-14,19-22,25-26,28,35-36,39-40H,9-10,15-18,23-24,27H2,1-2H3,(H,47,54)(H,48,55)(H,49,58)(H,50,59)/t35-,36-,39+,40+/m0/s1. The number of alkyl carbamates (subject to hydrolysis) is 2. The average molecular weight is 828 g/mol. The molecule has 316 valence electrons. The lowest BCUT2D eigenvalue weighted by Gasteiger charge is -2.28. The maximum atomic E-state index is 13.9. The average Bonchev–Trinajstić information content (AvgIpc) is 3.61. The molecule has 0 bridgehead atoms. The third kappa shape index (κ3) is 8.72. The smallest absolute Gasteiger partial charge is 0.407 e. The number of ether oxygens (including phenoxy) is 2. The zero-order chi connectivity index (χ0) is 42.6. The third-order valence-electron chi connectivity index (χ3n) is 11.9. The summed E-state index contributed by atoms with van der Waals surface area (Å²) in [4.78, 5) is 83.3. The fourth-order valence-corrected chi connectivity index (χ4v) is 8.61. The second-order valence-electron chi connectivity index (χ2n) is 15.8. The molecule has 2 aliphatic heterocycles. The van der Waals surface area contributed by atoms with Gasteiger partial charge in [-0.2, -0.15) is 0 Å². The van der Waals surface area contributed by atoms with Gasteiger partial charge in [0.25, 0.3) is 11.8 Å². The summed E-state index contributed by atoms with van der Waals surface area (Å²) < 4.78 is 11.8. The largest absolute Gasteiger partial charge is 0.453 e. The van der Waals surface area contributed by atoms with Crippen molar-refractivity contribution < 1.29 is 38.2 Å². The first-order valence-electron chi connectivity index (χ1n) is 20.7. The Bertz CT molecular complexity index is 2310. The van der Waals surface area contributed by atoms with Crippen LogP contribution in [0.15, 0.2) is 97.1 Å². The van der Waals surface area contributed by atoms with E-state index < -0.39 is 48.2 Å². The van der Waals surface area contributed by atoms with Crippen LogP contribution >= 0.6 is 0 Å². The SMILES string of the molecule is COC(=O)N[C@@H](C(=O)N1CCC[C@H]1C(=O)Nc1ccc2c3ccc(NC(=O)[C@@H]4CCCN4C(=O)[C@H](NC(=O)OC)c4ccccc4)cc3n(CC3CC3)c2c1)c1ccccc1. The molecular formula is C46H49N7O8. The Kier molecular flexibility index (Phi) is 11.9. The molecule has 0 spiro atoms. The maximum absolute atomic E-state index is 13.9. The Hall–Kier alpha value is -6.90. The zero-order valence-electron chi connectivity index (χ0n) is 34.1. The predicted molar refractivity (Wildman–Crippen MR) is 228 cm³/mol. The van der Waals surface area contributed by atoms with Crippen molar-refractivity contribution in [2.24, 2.45) is 5.92 Å². The highest BCUT2D eigenvalue weighted by Crippen LogP contribution is 2.38. The van der Waals surface area contributed by atoms with Crippen molar-refractivity contribution in [2.45, 2.75) is 69.2 Å². The molecule has 15 nitrogen and oxygen atoms in total. The minimum Gasteiger partial charge on any atom is -0.453 e. The molecule has 4 aromatic carbocycles. The molecule has 1 saturated carbocycles. The van der Waals surface area contributed by atoms with Gasteiger partial charge in [0.15, 0.2) is 0 Å². The number of nitrogens with zero attached hydrogens (tertiary/aromatic N) is 3. The molecule has 0 unspecified atom stereocenters. The van der Waals surface area contributed by atoms with Crippen molar-refractivity contribution in [3.8, 4) is 0 Å². The number of benzene rings is 4. The lowest BCUT2D eigenvalue weighted by atomic mass is 10.0. The number of nitrogens with one attached hydrogen (secondary N) is 4. The maximum Gasteiger partial charge on any atom is 0.407 e. The van der Waals surface area contributed by atoms with Crippen LogP contribution in [0.2, 0.25) is 0 Å². The molecule has 61 heavy (non-hydrogen) atoms. The molecule has 15 heteroatoms. The fraction of sp³-hybridized carbons (Fsp3) is 0.348. The van der Waals surface area contributed by atoms with Crippen LogP contribution in [0.5, 0.6) is 0 Å². The first-order chi connectivity index (χ1) is 29.6. The van der Waals surface area contributed by atoms with Gasteiger partial charge in [0.05, 0.1) is 25.3 Å². The monoisotopic (exact) mass is 827 g/mol. The number of carbonyl (C=O) groups is 6. The Labute approximate surface area is 352 Å². The van der Waals surface area contributed by atoms with E-state index in [4.69, 9.17) is 9.47 Å². The molecule has 5 aromatic rings. The molecule has 3 aliphatic rings. The molecule has 2 saturated heterocycles. The summed E-state index contributed by atoms with van der Waals surface area (Å²) in [5, 5.41) is 13.4. The number of anilines is 2. The van der Waals surface area contributed by atoms with Crippen LogP contribution in [0, 0.1) is 5.92 Å². The number of amides is 6. The topological polar surface area (TPSA) is 180 Å². The van der Waals surface area contributed by atoms with Gasteiger partial charge in [-0.05, 0) is 79.8 Å². The number of rotatable bonds is 12. The summed E-state index contributed by atoms with van der Waals surface area (Å²) in [5.74, 6) is -0.924. The summed E-state index contributed by atoms with van der Waals surface area (Å²) in [6, 6.07) is 25.8. The number of hydrogen-bond acceptors (Lipinski definition) is 8. The normalized spacial score (nSPS) is 18.3. The summed E-state index contributed by atoms with van der Waals surface area (Å²) in [6.45, 7) is 1.49. The van der Waals surface area contributed by atoms with Crippen LogP contribution in [-0.2, 0) is 35.2 Å². The molecule has 6 amide bonds. The van der Waals surface area contributed by atoms with E-state index in [1.807, 2.05) is 48.5 Å². The minimum absolute atomic E-state index is 0.319. The van der Waals surface area contributed by atoms with Gasteiger partial charge in [-0.25, -0.2) is 9.59 Å². The van der Waals surface area contributed by atoms with E-state index in [-0.39, 0.29) is 11.8 Å². The number of methoxy groups -OCH3 is 2. The van der Waals surface area contributed by atoms with Crippen LogP contribution in [0.3, 0.4) is 0 Å². The van der Waals surface area contributed by atoms with Gasteiger partial charge < -0.3 is 45.1 Å². The van der Waals surface area contributed by atoms with Crippen LogP contribution in [-0.4, -0.2) is 89.6 Å². The van der Waals surface area contributed by atoms with E-state index in [1.54, 1.807) is 48.5 Å². The van der Waals surface area contributed by atoms with E-state index in [1.165, 1.54) is 24.0 Å². The molecule has 3 fully saturated rings. The van der Waals surface area contributed by atoms with E-state index in [2.05, 4.69) is 25.8 Å². The molecule has 1 aliphatic carbocycles. The molecule has 1 aromatic heterocycles. The van der Waals surface area contributed by atoms with Gasteiger partial charge in [0.2, 0.25) is 11.8 Å². The van der Waals surface area contributed by atoms with E-state index in [9.17, 15) is 28.8 Å². The van der Waals surface area contributed by atoms with Crippen LogP contribution < -0.4 is 21.3 Å². The van der Waals surface area contributed by atoms with Crippen LogP contribution in [0.1, 0.15) is 61.7 Å². The first-order valence-corrected chi connectivity index (χ1v) is 20.7. The second-order valence-corrected chi connectivity index (χ2v) is 15.8. The lowest BCUT2D eigenvalue weighted by Crippen LogP contribution is -2.48. The highest BCUT2D eigenvalue weighted by molar-refractivity contribution is 6.11. The van der Waals surface area contributed by atoms with E-state index >= 15 is 0 Å². The van der Waals surface area contributed by atoms with Crippen molar-refractivity contribution in [1.29, 1.82) is 0 Å². The Morgan fingerprint density at radius 2 is 1.02 bits per heavy atom. The predicted octanol–water partition coefficient (Wildman–Crippen LogP) is 6.26. The highest BCUT2D eigenvalue weighted by Gasteiger charge is 2.40. The Morgan fingerprint density at radius 3 is 1.41 bits per heavy atom. The van der Waals surface area contributed by atoms with Gasteiger partial charge in [-0.1, -0.05) is 72.8 Å². The second kappa shape index (κ2) is 17.8. The van der Waals surface area contributed by atoms with E-state index in [0.717, 1.165) is 41.2 Å². The van der Waals surface area contributed by atoms with Crippen molar-refractivity contribution in [1.82, 2.24) is 25.0 Å². The molecule has 3 heterocycles. The van der Waals surface area contributed by atoms with Crippen molar-refractivity contribution in [3.63, 3.8) is 0 Å². The third-order valence-corrected chi connectivity index (χ3v) is 11.9. The number of hydrogen-bond donors (Lipinski definition) is 4. The lowest BCUT2D eigenvalue weighted by molar-refractivity contribution is -0.138. The van der Waals surface area contributed by atoms with Crippen molar-refractivity contribution in [3.05, 3.63) is 108 Å². The molecule has 8 rings (SSSR count). The number of aromatic nitrogens is 1. The van der Waals surface area contributed by atoms with Crippen LogP contribution in [0.4, 0.5) is 21.0 Å². The molecular weight excluding hydrogens is 779 g/mol.